The van der Waals surface area contributed by atoms with Gasteiger partial charge in [-0.25, -0.2) is 0 Å². The number of hydrogen-bond acceptors (Lipinski definition) is 4. The fraction of sp³-hybridized carbons (Fsp3) is 0.933. The lowest BCUT2D eigenvalue weighted by atomic mass is 9.90. The summed E-state index contributed by atoms with van der Waals surface area (Å²) in [4.78, 5) is 14.4. The van der Waals surface area contributed by atoms with Crippen molar-refractivity contribution in [2.75, 3.05) is 32.8 Å². The standard InChI is InChI=1S/C15H29N3O2/c1-3-17-15(14(16)19,12-7-8-12)11-18-9-5-6-13(10-18)20-4-2/h12-13,17H,3-11H2,1-2H3,(H2,16,19). The molecule has 1 aliphatic carbocycles. The van der Waals surface area contributed by atoms with Crippen molar-refractivity contribution in [2.24, 2.45) is 11.7 Å². The molecule has 0 aromatic rings. The molecule has 1 amide bonds. The van der Waals surface area contributed by atoms with Crippen LogP contribution < -0.4 is 11.1 Å². The number of likely N-dealkylation sites (N-methyl/N-ethyl adjacent to an activating group) is 1. The molecule has 0 aromatic carbocycles. The maximum Gasteiger partial charge on any atom is 0.239 e. The molecule has 1 saturated carbocycles. The van der Waals surface area contributed by atoms with E-state index in [9.17, 15) is 4.79 Å². The van der Waals surface area contributed by atoms with E-state index in [2.05, 4.69) is 10.2 Å². The van der Waals surface area contributed by atoms with Gasteiger partial charge in [-0.1, -0.05) is 6.92 Å². The maximum atomic E-state index is 12.1. The van der Waals surface area contributed by atoms with Crippen LogP contribution in [-0.2, 0) is 9.53 Å². The average molecular weight is 283 g/mol. The Morgan fingerprint density at radius 2 is 2.15 bits per heavy atom. The van der Waals surface area contributed by atoms with Gasteiger partial charge in [-0.3, -0.25) is 9.69 Å². The summed E-state index contributed by atoms with van der Waals surface area (Å²) in [5.74, 6) is 0.216. The second kappa shape index (κ2) is 6.87. The lowest BCUT2D eigenvalue weighted by Gasteiger charge is -2.40. The monoisotopic (exact) mass is 283 g/mol. The minimum Gasteiger partial charge on any atom is -0.377 e. The lowest BCUT2D eigenvalue weighted by Crippen LogP contribution is -2.64. The Labute approximate surface area is 122 Å². The minimum atomic E-state index is -0.539. The van der Waals surface area contributed by atoms with Gasteiger partial charge < -0.3 is 15.8 Å². The molecular formula is C15H29N3O2. The number of carbonyl (C=O) groups is 1. The van der Waals surface area contributed by atoms with Crippen molar-refractivity contribution in [2.45, 2.75) is 51.2 Å². The maximum absolute atomic E-state index is 12.1. The topological polar surface area (TPSA) is 67.6 Å². The van der Waals surface area contributed by atoms with Crippen molar-refractivity contribution in [1.82, 2.24) is 10.2 Å². The van der Waals surface area contributed by atoms with Crippen molar-refractivity contribution in [3.8, 4) is 0 Å². The summed E-state index contributed by atoms with van der Waals surface area (Å²) in [5, 5.41) is 3.39. The van der Waals surface area contributed by atoms with Crippen LogP contribution in [-0.4, -0.2) is 55.2 Å². The average Bonchev–Trinajstić information content (AvgIpc) is 3.23. The van der Waals surface area contributed by atoms with Crippen LogP contribution in [0.4, 0.5) is 0 Å². The first kappa shape index (κ1) is 15.7. The van der Waals surface area contributed by atoms with Crippen LogP contribution in [0.3, 0.4) is 0 Å². The van der Waals surface area contributed by atoms with Gasteiger partial charge in [-0.15, -0.1) is 0 Å². The molecule has 2 atom stereocenters. The summed E-state index contributed by atoms with van der Waals surface area (Å²) < 4.78 is 5.75. The number of amides is 1. The molecular weight excluding hydrogens is 254 g/mol. The zero-order valence-corrected chi connectivity index (χ0v) is 12.9. The highest BCUT2D eigenvalue weighted by Crippen LogP contribution is 2.40. The van der Waals surface area contributed by atoms with Crippen molar-refractivity contribution in [1.29, 1.82) is 0 Å². The Kier molecular flexibility index (Phi) is 5.41. The van der Waals surface area contributed by atoms with E-state index >= 15 is 0 Å². The number of piperidine rings is 1. The predicted molar refractivity (Wildman–Crippen MR) is 79.4 cm³/mol. The Balaban J connectivity index is 2.01. The number of primary amides is 1. The van der Waals surface area contributed by atoms with Gasteiger partial charge in [0.15, 0.2) is 0 Å². The second-order valence-electron chi connectivity index (χ2n) is 6.09. The molecule has 116 valence electrons. The lowest BCUT2D eigenvalue weighted by molar-refractivity contribution is -0.127. The third-order valence-corrected chi connectivity index (χ3v) is 4.54. The van der Waals surface area contributed by atoms with Crippen molar-refractivity contribution < 1.29 is 9.53 Å². The Morgan fingerprint density at radius 1 is 1.40 bits per heavy atom. The molecule has 1 aliphatic heterocycles. The largest absolute Gasteiger partial charge is 0.377 e. The molecule has 0 bridgehead atoms. The van der Waals surface area contributed by atoms with E-state index in [1.165, 1.54) is 0 Å². The molecule has 20 heavy (non-hydrogen) atoms. The quantitative estimate of drug-likeness (QED) is 0.689. The smallest absolute Gasteiger partial charge is 0.239 e. The van der Waals surface area contributed by atoms with E-state index in [0.717, 1.165) is 58.5 Å². The van der Waals surface area contributed by atoms with E-state index in [0.29, 0.717) is 12.0 Å². The molecule has 5 nitrogen and oxygen atoms in total. The first-order valence-corrected chi connectivity index (χ1v) is 8.01. The van der Waals surface area contributed by atoms with E-state index < -0.39 is 5.54 Å². The highest BCUT2D eigenvalue weighted by molar-refractivity contribution is 5.86. The number of nitrogens with two attached hydrogens (primary N) is 1. The summed E-state index contributed by atoms with van der Waals surface area (Å²) in [7, 11) is 0. The van der Waals surface area contributed by atoms with Crippen LogP contribution in [0.15, 0.2) is 0 Å². The Hall–Kier alpha value is -0.650. The summed E-state index contributed by atoms with van der Waals surface area (Å²) in [6, 6.07) is 0. The number of ether oxygens (including phenoxy) is 1. The number of likely N-dealkylation sites (tertiary alicyclic amines) is 1. The minimum absolute atomic E-state index is 0.194. The Bertz CT molecular complexity index is 331. The van der Waals surface area contributed by atoms with Crippen LogP contribution in [0.1, 0.15) is 39.5 Å². The number of rotatable bonds is 8. The van der Waals surface area contributed by atoms with Gasteiger partial charge in [0.1, 0.15) is 5.54 Å². The van der Waals surface area contributed by atoms with Gasteiger partial charge in [0.05, 0.1) is 6.10 Å². The van der Waals surface area contributed by atoms with Crippen molar-refractivity contribution in [3.63, 3.8) is 0 Å². The molecule has 0 aromatic heterocycles. The fourth-order valence-corrected chi connectivity index (χ4v) is 3.47. The van der Waals surface area contributed by atoms with Crippen LogP contribution >= 0.6 is 0 Å². The number of hydrogen-bond donors (Lipinski definition) is 2. The molecule has 3 N–H and O–H groups in total. The highest BCUT2D eigenvalue weighted by Gasteiger charge is 2.50. The summed E-state index contributed by atoms with van der Waals surface area (Å²) in [6.45, 7) is 8.30. The summed E-state index contributed by atoms with van der Waals surface area (Å²) in [6.07, 6.45) is 4.78. The summed E-state index contributed by atoms with van der Waals surface area (Å²) >= 11 is 0. The third-order valence-electron chi connectivity index (χ3n) is 4.54. The van der Waals surface area contributed by atoms with E-state index in [4.69, 9.17) is 10.5 Å². The zero-order chi connectivity index (χ0) is 14.6. The van der Waals surface area contributed by atoms with Crippen LogP contribution in [0.2, 0.25) is 0 Å². The molecule has 2 aliphatic rings. The first-order valence-electron chi connectivity index (χ1n) is 8.01. The van der Waals surface area contributed by atoms with Gasteiger partial charge >= 0.3 is 0 Å². The van der Waals surface area contributed by atoms with E-state index in [-0.39, 0.29) is 5.91 Å². The number of carbonyl (C=O) groups excluding carboxylic acids is 1. The second-order valence-corrected chi connectivity index (χ2v) is 6.09. The molecule has 0 spiro atoms. The molecule has 2 fully saturated rings. The molecule has 5 heteroatoms. The van der Waals surface area contributed by atoms with Gasteiger partial charge in [0.25, 0.3) is 0 Å². The fourth-order valence-electron chi connectivity index (χ4n) is 3.47. The first-order chi connectivity index (χ1) is 9.62. The summed E-state index contributed by atoms with van der Waals surface area (Å²) in [5.41, 5.74) is 5.21. The number of nitrogens with zero attached hydrogens (tertiary/aromatic N) is 1. The normalized spacial score (nSPS) is 27.2. The predicted octanol–water partition coefficient (Wildman–Crippen LogP) is 0.731. The molecule has 2 rings (SSSR count). The van der Waals surface area contributed by atoms with Crippen molar-refractivity contribution >= 4 is 5.91 Å². The van der Waals surface area contributed by atoms with Crippen LogP contribution in [0.25, 0.3) is 0 Å². The molecule has 2 unspecified atom stereocenters. The van der Waals surface area contributed by atoms with Gasteiger partial charge in [-0.2, -0.15) is 0 Å². The third kappa shape index (κ3) is 3.51. The molecule has 1 saturated heterocycles. The van der Waals surface area contributed by atoms with E-state index in [1.807, 2.05) is 13.8 Å². The van der Waals surface area contributed by atoms with Crippen LogP contribution in [0.5, 0.6) is 0 Å². The molecule has 0 radical (unpaired) electrons. The zero-order valence-electron chi connectivity index (χ0n) is 12.9. The van der Waals surface area contributed by atoms with Gasteiger partial charge in [0.2, 0.25) is 5.91 Å². The van der Waals surface area contributed by atoms with E-state index in [1.54, 1.807) is 0 Å². The highest BCUT2D eigenvalue weighted by atomic mass is 16.5. The SMILES string of the molecule is CCNC(CN1CCCC(OCC)C1)(C(N)=O)C1CC1. The van der Waals surface area contributed by atoms with Gasteiger partial charge in [0, 0.05) is 19.7 Å². The molecule has 1 heterocycles. The Morgan fingerprint density at radius 3 is 2.70 bits per heavy atom. The number of nitrogens with one attached hydrogen (secondary N) is 1. The van der Waals surface area contributed by atoms with Crippen molar-refractivity contribution in [3.05, 3.63) is 0 Å². The van der Waals surface area contributed by atoms with Gasteiger partial charge in [-0.05, 0) is 51.6 Å². The van der Waals surface area contributed by atoms with Crippen LogP contribution in [0, 0.1) is 5.92 Å².